The largest absolute Gasteiger partial charge is 0.497 e. The van der Waals surface area contributed by atoms with Crippen molar-refractivity contribution in [3.63, 3.8) is 0 Å². The Morgan fingerprint density at radius 1 is 1.33 bits per heavy atom. The molecule has 0 atom stereocenters. The predicted octanol–water partition coefficient (Wildman–Crippen LogP) is 1.31. The predicted molar refractivity (Wildman–Crippen MR) is 82.5 cm³/mol. The maximum absolute atomic E-state index is 6.22. The molecule has 1 aliphatic rings. The third-order valence-corrected chi connectivity index (χ3v) is 3.59. The summed E-state index contributed by atoms with van der Waals surface area (Å²) in [5.74, 6) is 1.53. The molecule has 6 heteroatoms. The van der Waals surface area contributed by atoms with Gasteiger partial charge in [-0.25, -0.2) is 10.1 Å². The molecule has 2 heterocycles. The van der Waals surface area contributed by atoms with Gasteiger partial charge in [0.2, 0.25) is 0 Å². The van der Waals surface area contributed by atoms with Gasteiger partial charge >= 0.3 is 0 Å². The van der Waals surface area contributed by atoms with Gasteiger partial charge in [0.05, 0.1) is 19.9 Å². The summed E-state index contributed by atoms with van der Waals surface area (Å²) >= 11 is 0. The lowest BCUT2D eigenvalue weighted by molar-refractivity contribution is 0.374. The summed E-state index contributed by atoms with van der Waals surface area (Å²) in [5.41, 5.74) is 12.7. The summed E-state index contributed by atoms with van der Waals surface area (Å²) in [6.07, 6.45) is 3.86. The molecular weight excluding hydrogens is 266 g/mol. The van der Waals surface area contributed by atoms with Crippen LogP contribution in [0.5, 0.6) is 5.75 Å². The molecule has 0 fully saturated rings. The molecule has 1 aromatic heterocycles. The molecule has 1 aliphatic heterocycles. The highest BCUT2D eigenvalue weighted by atomic mass is 16.5. The maximum atomic E-state index is 6.22. The molecule has 0 radical (unpaired) electrons. The molecule has 3 rings (SSSR count). The van der Waals surface area contributed by atoms with E-state index < -0.39 is 0 Å². The molecule has 0 aliphatic carbocycles. The van der Waals surface area contributed by atoms with Gasteiger partial charge in [-0.1, -0.05) is 12.1 Å². The number of nitrogens with two attached hydrogens (primary N) is 1. The summed E-state index contributed by atoms with van der Waals surface area (Å²) in [5, 5.41) is 6.32. The highest BCUT2D eigenvalue weighted by Gasteiger charge is 2.16. The molecule has 0 bridgehead atoms. The maximum Gasteiger partial charge on any atom is 0.129 e. The van der Waals surface area contributed by atoms with Crippen LogP contribution in [0.2, 0.25) is 0 Å². The smallest absolute Gasteiger partial charge is 0.129 e. The van der Waals surface area contributed by atoms with Crippen LogP contribution in [-0.4, -0.2) is 35.5 Å². The monoisotopic (exact) mass is 285 g/mol. The summed E-state index contributed by atoms with van der Waals surface area (Å²) in [6, 6.07) is 7.91. The lowest BCUT2D eigenvalue weighted by Gasteiger charge is -2.07. The van der Waals surface area contributed by atoms with E-state index in [1.54, 1.807) is 7.11 Å². The minimum atomic E-state index is 0.645. The number of nitrogens with zero attached hydrogens (tertiary/aromatic N) is 3. The summed E-state index contributed by atoms with van der Waals surface area (Å²) < 4.78 is 6.97. The lowest BCUT2D eigenvalue weighted by atomic mass is 10.1. The second-order valence-corrected chi connectivity index (χ2v) is 5.05. The second kappa shape index (κ2) is 5.49. The summed E-state index contributed by atoms with van der Waals surface area (Å²) in [4.78, 5) is 0. The minimum absolute atomic E-state index is 0.645. The molecule has 0 amide bonds. The van der Waals surface area contributed by atoms with Crippen molar-refractivity contribution in [3.8, 4) is 5.75 Å². The molecule has 2 aromatic rings. The van der Waals surface area contributed by atoms with Crippen molar-refractivity contribution in [1.82, 2.24) is 20.2 Å². The van der Waals surface area contributed by atoms with E-state index in [1.807, 2.05) is 53.4 Å². The Morgan fingerprint density at radius 2 is 2.10 bits per heavy atom. The van der Waals surface area contributed by atoms with Crippen LogP contribution in [-0.2, 0) is 6.54 Å². The van der Waals surface area contributed by atoms with Gasteiger partial charge in [0, 0.05) is 25.4 Å². The number of benzene rings is 1. The van der Waals surface area contributed by atoms with Crippen molar-refractivity contribution in [2.45, 2.75) is 6.54 Å². The van der Waals surface area contributed by atoms with Crippen molar-refractivity contribution in [2.75, 3.05) is 26.4 Å². The third-order valence-electron chi connectivity index (χ3n) is 3.59. The van der Waals surface area contributed by atoms with Gasteiger partial charge in [-0.2, -0.15) is 5.10 Å². The SMILES string of the molecule is COc1ccc(Cn2ncc(C3=CN(C)NC3)c2N)cc1. The summed E-state index contributed by atoms with van der Waals surface area (Å²) in [7, 11) is 3.62. The number of nitrogen functional groups attached to an aromatic ring is 1. The Bertz CT molecular complexity index is 659. The third kappa shape index (κ3) is 2.71. The number of hydrogen-bond acceptors (Lipinski definition) is 5. The number of ether oxygens (including phenoxy) is 1. The normalized spacial score (nSPS) is 14.4. The zero-order chi connectivity index (χ0) is 14.8. The molecule has 110 valence electrons. The topological polar surface area (TPSA) is 68.3 Å². The van der Waals surface area contributed by atoms with E-state index in [9.17, 15) is 0 Å². The quantitative estimate of drug-likeness (QED) is 0.886. The van der Waals surface area contributed by atoms with Crippen molar-refractivity contribution < 1.29 is 4.74 Å². The lowest BCUT2D eigenvalue weighted by Crippen LogP contribution is -2.23. The average molecular weight is 285 g/mol. The van der Waals surface area contributed by atoms with Gasteiger partial charge in [0.25, 0.3) is 0 Å². The number of anilines is 1. The molecule has 1 aromatic carbocycles. The number of rotatable bonds is 4. The van der Waals surface area contributed by atoms with Gasteiger partial charge in [0.1, 0.15) is 11.6 Å². The molecular formula is C15H19N5O. The molecule has 6 nitrogen and oxygen atoms in total. The molecule has 0 saturated heterocycles. The highest BCUT2D eigenvalue weighted by Crippen LogP contribution is 2.24. The van der Waals surface area contributed by atoms with Crippen molar-refractivity contribution in [3.05, 3.63) is 47.8 Å². The van der Waals surface area contributed by atoms with Gasteiger partial charge in [-0.15, -0.1) is 0 Å². The zero-order valence-electron chi connectivity index (χ0n) is 12.2. The number of aromatic nitrogens is 2. The standard InChI is InChI=1S/C15H19N5O/c1-19-10-12(7-17-19)14-8-18-20(15(14)16)9-11-3-5-13(21-2)6-4-11/h3-6,8,10,17H,7,9,16H2,1-2H3. The van der Waals surface area contributed by atoms with Crippen LogP contribution in [0.4, 0.5) is 5.82 Å². The van der Waals surface area contributed by atoms with Crippen molar-refractivity contribution >= 4 is 11.4 Å². The summed E-state index contributed by atoms with van der Waals surface area (Å²) in [6.45, 7) is 1.42. The Balaban J connectivity index is 1.80. The average Bonchev–Trinajstić information content (AvgIpc) is 3.07. The Labute approximate surface area is 123 Å². The van der Waals surface area contributed by atoms with E-state index in [2.05, 4.69) is 10.5 Å². The van der Waals surface area contributed by atoms with Crippen LogP contribution in [0, 0.1) is 0 Å². The van der Waals surface area contributed by atoms with Crippen LogP contribution >= 0.6 is 0 Å². The fraction of sp³-hybridized carbons (Fsp3) is 0.267. The number of hydrogen-bond donors (Lipinski definition) is 2. The van der Waals surface area contributed by atoms with Crippen LogP contribution in [0.15, 0.2) is 36.7 Å². The van der Waals surface area contributed by atoms with E-state index in [1.165, 1.54) is 0 Å². The fourth-order valence-corrected chi connectivity index (χ4v) is 2.37. The van der Waals surface area contributed by atoms with Gasteiger partial charge < -0.3 is 15.5 Å². The first-order chi connectivity index (χ1) is 10.2. The molecule has 3 N–H and O–H groups in total. The van der Waals surface area contributed by atoms with Crippen molar-refractivity contribution in [2.24, 2.45) is 0 Å². The Morgan fingerprint density at radius 3 is 2.71 bits per heavy atom. The molecule has 21 heavy (non-hydrogen) atoms. The number of hydrazine groups is 1. The molecule has 0 spiro atoms. The van der Waals surface area contributed by atoms with Gasteiger partial charge in [-0.05, 0) is 23.3 Å². The number of methoxy groups -OCH3 is 1. The zero-order valence-corrected chi connectivity index (χ0v) is 12.2. The van der Waals surface area contributed by atoms with E-state index in [0.717, 1.165) is 29.0 Å². The first kappa shape index (κ1) is 13.5. The van der Waals surface area contributed by atoms with E-state index in [0.29, 0.717) is 12.4 Å². The van der Waals surface area contributed by atoms with E-state index in [4.69, 9.17) is 10.5 Å². The second-order valence-electron chi connectivity index (χ2n) is 5.05. The Hall–Kier alpha value is -2.47. The minimum Gasteiger partial charge on any atom is -0.497 e. The molecule has 0 unspecified atom stereocenters. The van der Waals surface area contributed by atoms with Crippen LogP contribution in [0.1, 0.15) is 11.1 Å². The Kier molecular flexibility index (Phi) is 3.53. The van der Waals surface area contributed by atoms with Crippen molar-refractivity contribution in [1.29, 1.82) is 0 Å². The first-order valence-electron chi connectivity index (χ1n) is 6.79. The molecule has 0 saturated carbocycles. The highest BCUT2D eigenvalue weighted by molar-refractivity contribution is 5.74. The number of nitrogens with one attached hydrogen (secondary N) is 1. The van der Waals surface area contributed by atoms with Gasteiger partial charge in [0.15, 0.2) is 0 Å². The van der Waals surface area contributed by atoms with Gasteiger partial charge in [-0.3, -0.25) is 0 Å². The van der Waals surface area contributed by atoms with Crippen LogP contribution in [0.25, 0.3) is 5.57 Å². The van der Waals surface area contributed by atoms with Crippen LogP contribution in [0.3, 0.4) is 0 Å². The fourth-order valence-electron chi connectivity index (χ4n) is 2.37. The van der Waals surface area contributed by atoms with Crippen LogP contribution < -0.4 is 15.9 Å². The van der Waals surface area contributed by atoms with E-state index in [-0.39, 0.29) is 0 Å². The first-order valence-corrected chi connectivity index (χ1v) is 6.79. The van der Waals surface area contributed by atoms with E-state index >= 15 is 0 Å².